The van der Waals surface area contributed by atoms with Crippen LogP contribution in [-0.4, -0.2) is 52.6 Å². The van der Waals surface area contributed by atoms with Crippen LogP contribution in [0.2, 0.25) is 5.15 Å². The maximum absolute atomic E-state index is 14.3. The number of aromatic nitrogens is 1. The maximum Gasteiger partial charge on any atom is 0.242 e. The van der Waals surface area contributed by atoms with Gasteiger partial charge in [-0.2, -0.15) is 0 Å². The minimum absolute atomic E-state index is 0.0121. The summed E-state index contributed by atoms with van der Waals surface area (Å²) in [6.45, 7) is -0.196. The van der Waals surface area contributed by atoms with E-state index in [0.717, 1.165) is 10.6 Å². The highest BCUT2D eigenvalue weighted by Crippen LogP contribution is 2.40. The van der Waals surface area contributed by atoms with Crippen molar-refractivity contribution in [3.8, 4) is 11.1 Å². The topological polar surface area (TPSA) is 102 Å². The molecule has 0 aliphatic heterocycles. The molecule has 172 valence electrons. The summed E-state index contributed by atoms with van der Waals surface area (Å²) in [6.07, 6.45) is 2.30. The molecule has 1 heterocycles. The van der Waals surface area contributed by atoms with Crippen LogP contribution in [0.4, 0.5) is 4.39 Å². The van der Waals surface area contributed by atoms with Gasteiger partial charge in [0.2, 0.25) is 10.0 Å². The van der Waals surface area contributed by atoms with Crippen molar-refractivity contribution in [2.45, 2.75) is 16.3 Å². The van der Waals surface area contributed by atoms with Crippen LogP contribution in [0.5, 0.6) is 0 Å². The van der Waals surface area contributed by atoms with Gasteiger partial charge in [0.1, 0.15) is 11.0 Å². The van der Waals surface area contributed by atoms with Gasteiger partial charge in [0, 0.05) is 37.8 Å². The standard InChI is InChI=1S/C21H23ClFN3O4S2/c1-25(2)32(29,30)17-6-4-5-14(11-17)20-18-12-16(31(3,27)28)7-8-19(18)26(21(20)22)13-15(23)9-10-24/h4-9,11-12H,10,13,24H2,1-3H3/b15-9-. The fraction of sp³-hybridized carbons (Fsp3) is 0.238. The lowest BCUT2D eigenvalue weighted by molar-refractivity contribution is 0.521. The van der Waals surface area contributed by atoms with E-state index in [2.05, 4.69) is 0 Å². The predicted octanol–water partition coefficient (Wildman–Crippen LogP) is 3.43. The van der Waals surface area contributed by atoms with Crippen LogP contribution in [-0.2, 0) is 26.4 Å². The van der Waals surface area contributed by atoms with Crippen LogP contribution >= 0.6 is 11.6 Å². The number of sulfone groups is 1. The summed E-state index contributed by atoms with van der Waals surface area (Å²) in [5.41, 5.74) is 6.75. The quantitative estimate of drug-likeness (QED) is 0.536. The third-order valence-electron chi connectivity index (χ3n) is 4.95. The molecule has 0 spiro atoms. The van der Waals surface area contributed by atoms with Crippen molar-refractivity contribution in [1.82, 2.24) is 8.87 Å². The van der Waals surface area contributed by atoms with Gasteiger partial charge in [-0.15, -0.1) is 0 Å². The van der Waals surface area contributed by atoms with Crippen molar-refractivity contribution in [1.29, 1.82) is 0 Å². The van der Waals surface area contributed by atoms with Crippen molar-refractivity contribution in [3.63, 3.8) is 0 Å². The van der Waals surface area contributed by atoms with Gasteiger partial charge in [-0.25, -0.2) is 25.5 Å². The van der Waals surface area contributed by atoms with Gasteiger partial charge in [0.05, 0.1) is 21.9 Å². The first-order chi connectivity index (χ1) is 14.9. The zero-order valence-corrected chi connectivity index (χ0v) is 20.1. The molecule has 0 atom stereocenters. The Morgan fingerprint density at radius 2 is 1.81 bits per heavy atom. The highest BCUT2D eigenvalue weighted by molar-refractivity contribution is 7.90. The third-order valence-corrected chi connectivity index (χ3v) is 8.26. The largest absolute Gasteiger partial charge is 0.327 e. The van der Waals surface area contributed by atoms with E-state index in [1.54, 1.807) is 18.2 Å². The Bertz CT molecular complexity index is 1430. The van der Waals surface area contributed by atoms with Gasteiger partial charge < -0.3 is 10.3 Å². The summed E-state index contributed by atoms with van der Waals surface area (Å²) in [4.78, 5) is 0.112. The van der Waals surface area contributed by atoms with Crippen LogP contribution in [0.25, 0.3) is 22.0 Å². The van der Waals surface area contributed by atoms with E-state index < -0.39 is 25.7 Å². The highest BCUT2D eigenvalue weighted by atomic mass is 35.5. The lowest BCUT2D eigenvalue weighted by Crippen LogP contribution is -2.22. The average molecular weight is 500 g/mol. The van der Waals surface area contributed by atoms with Crippen molar-refractivity contribution in [3.05, 3.63) is 59.5 Å². The van der Waals surface area contributed by atoms with Gasteiger partial charge >= 0.3 is 0 Å². The minimum atomic E-state index is -3.72. The van der Waals surface area contributed by atoms with Crippen LogP contribution in [0.15, 0.2) is 64.2 Å². The van der Waals surface area contributed by atoms with Gasteiger partial charge in [-0.05, 0) is 42.0 Å². The van der Waals surface area contributed by atoms with E-state index >= 15 is 0 Å². The molecule has 0 fully saturated rings. The van der Waals surface area contributed by atoms with Crippen LogP contribution in [0, 0.1) is 0 Å². The van der Waals surface area contributed by atoms with E-state index in [0.29, 0.717) is 22.0 Å². The number of fused-ring (bicyclic) bond motifs is 1. The Kier molecular flexibility index (Phi) is 6.83. The smallest absolute Gasteiger partial charge is 0.242 e. The molecule has 2 N–H and O–H groups in total. The molecule has 2 aromatic carbocycles. The SMILES string of the molecule is CN(C)S(=O)(=O)c1cccc(-c2c(Cl)n(C/C(F)=C/CN)c3ccc(S(C)(=O)=O)cc23)c1. The average Bonchev–Trinajstić information content (AvgIpc) is 2.98. The number of sulfonamides is 1. The molecule has 0 saturated heterocycles. The zero-order chi connectivity index (χ0) is 23.8. The van der Waals surface area contributed by atoms with E-state index in [4.69, 9.17) is 17.3 Å². The number of nitrogens with two attached hydrogens (primary N) is 1. The Balaban J connectivity index is 2.35. The molecule has 3 aromatic rings. The lowest BCUT2D eigenvalue weighted by atomic mass is 10.1. The molecular weight excluding hydrogens is 477 g/mol. The van der Waals surface area contributed by atoms with Crippen molar-refractivity contribution < 1.29 is 21.2 Å². The Labute approximate surface area is 191 Å². The van der Waals surface area contributed by atoms with Crippen LogP contribution < -0.4 is 5.73 Å². The van der Waals surface area contributed by atoms with E-state index in [9.17, 15) is 21.2 Å². The van der Waals surface area contributed by atoms with Crippen molar-refractivity contribution in [2.24, 2.45) is 5.73 Å². The van der Waals surface area contributed by atoms with Gasteiger partial charge in [-0.3, -0.25) is 0 Å². The summed E-state index contributed by atoms with van der Waals surface area (Å²) in [7, 11) is -4.40. The molecule has 7 nitrogen and oxygen atoms in total. The molecular formula is C21H23ClFN3O4S2. The normalized spacial score (nSPS) is 13.3. The number of halogens is 2. The predicted molar refractivity (Wildman–Crippen MR) is 125 cm³/mol. The van der Waals surface area contributed by atoms with E-state index in [-0.39, 0.29) is 28.0 Å². The Morgan fingerprint density at radius 1 is 1.12 bits per heavy atom. The number of hydrogen-bond donors (Lipinski definition) is 1. The van der Waals surface area contributed by atoms with E-state index in [1.807, 2.05) is 0 Å². The molecule has 0 bridgehead atoms. The van der Waals surface area contributed by atoms with Gasteiger partial charge in [0.15, 0.2) is 9.84 Å². The highest BCUT2D eigenvalue weighted by Gasteiger charge is 2.23. The Hall–Kier alpha value is -2.24. The second-order valence-corrected chi connectivity index (χ2v) is 11.9. The van der Waals surface area contributed by atoms with Gasteiger partial charge in [-0.1, -0.05) is 23.7 Å². The molecule has 0 amide bonds. The molecule has 0 aliphatic carbocycles. The molecule has 0 unspecified atom stereocenters. The first kappa shape index (κ1) is 24.4. The second kappa shape index (κ2) is 8.95. The van der Waals surface area contributed by atoms with Crippen LogP contribution in [0.3, 0.4) is 0 Å². The fourth-order valence-corrected chi connectivity index (χ4v) is 5.29. The fourth-order valence-electron chi connectivity index (χ4n) is 3.33. The zero-order valence-electron chi connectivity index (χ0n) is 17.7. The van der Waals surface area contributed by atoms with E-state index in [1.165, 1.54) is 49.0 Å². The first-order valence-electron chi connectivity index (χ1n) is 9.47. The summed E-state index contributed by atoms with van der Waals surface area (Å²) >= 11 is 6.66. The molecule has 0 radical (unpaired) electrons. The van der Waals surface area contributed by atoms with Gasteiger partial charge in [0.25, 0.3) is 0 Å². The first-order valence-corrected chi connectivity index (χ1v) is 13.2. The number of benzene rings is 2. The molecule has 32 heavy (non-hydrogen) atoms. The third kappa shape index (κ3) is 4.60. The summed E-state index contributed by atoms with van der Waals surface area (Å²) in [5.74, 6) is -0.506. The lowest BCUT2D eigenvalue weighted by Gasteiger charge is -2.12. The second-order valence-electron chi connectivity index (χ2n) is 7.41. The molecule has 3 rings (SSSR count). The number of hydrogen-bond acceptors (Lipinski definition) is 5. The summed E-state index contributed by atoms with van der Waals surface area (Å²) in [5, 5.41) is 0.600. The number of nitrogens with zero attached hydrogens (tertiary/aromatic N) is 2. The molecule has 0 saturated carbocycles. The minimum Gasteiger partial charge on any atom is -0.327 e. The number of allylic oxidation sites excluding steroid dienone is 1. The Morgan fingerprint density at radius 3 is 2.41 bits per heavy atom. The summed E-state index contributed by atoms with van der Waals surface area (Å²) in [6, 6.07) is 10.6. The van der Waals surface area contributed by atoms with Crippen molar-refractivity contribution >= 4 is 42.4 Å². The van der Waals surface area contributed by atoms with Crippen molar-refractivity contribution in [2.75, 3.05) is 26.9 Å². The molecule has 11 heteroatoms. The summed E-state index contributed by atoms with van der Waals surface area (Å²) < 4.78 is 66.4. The molecule has 0 aliphatic rings. The van der Waals surface area contributed by atoms with Crippen LogP contribution in [0.1, 0.15) is 0 Å². The monoisotopic (exact) mass is 499 g/mol. The maximum atomic E-state index is 14.3. The number of rotatable bonds is 7. The molecule has 1 aromatic heterocycles.